The summed E-state index contributed by atoms with van der Waals surface area (Å²) in [6, 6.07) is 5.19. The lowest BCUT2D eigenvalue weighted by Gasteiger charge is -2.29. The van der Waals surface area contributed by atoms with E-state index in [1.54, 1.807) is 30.0 Å². The molecule has 1 aliphatic heterocycles. The Balaban J connectivity index is 1.89. The summed E-state index contributed by atoms with van der Waals surface area (Å²) < 4.78 is 32.0. The molecule has 2 aromatic rings. The lowest BCUT2D eigenvalue weighted by Crippen LogP contribution is -2.35. The van der Waals surface area contributed by atoms with E-state index in [-0.39, 0.29) is 16.6 Å². The predicted octanol–water partition coefficient (Wildman–Crippen LogP) is 2.12. The van der Waals surface area contributed by atoms with Crippen LogP contribution in [0.2, 0.25) is 0 Å². The highest BCUT2D eigenvalue weighted by Gasteiger charge is 2.26. The van der Waals surface area contributed by atoms with E-state index in [0.29, 0.717) is 31.5 Å². The second-order valence-electron chi connectivity index (χ2n) is 5.86. The van der Waals surface area contributed by atoms with Crippen LogP contribution < -0.4 is 9.62 Å². The first-order chi connectivity index (χ1) is 12.0. The van der Waals surface area contributed by atoms with Crippen molar-refractivity contribution in [3.05, 3.63) is 29.5 Å². The molecule has 0 spiro atoms. The van der Waals surface area contributed by atoms with Gasteiger partial charge in [-0.3, -0.25) is 9.52 Å². The van der Waals surface area contributed by atoms with Crippen molar-refractivity contribution in [3.8, 4) is 0 Å². The number of nitrogens with zero attached hydrogens (tertiary/aromatic N) is 3. The fraction of sp³-hybridized carbons (Fsp3) is 0.438. The number of rotatable bonds is 6. The molecular formula is C16H20N4O4S. The average Bonchev–Trinajstić information content (AvgIpc) is 3.07. The number of hydrogen-bond acceptors (Lipinski definition) is 6. The van der Waals surface area contributed by atoms with Crippen LogP contribution >= 0.6 is 0 Å². The van der Waals surface area contributed by atoms with E-state index in [2.05, 4.69) is 19.7 Å². The van der Waals surface area contributed by atoms with Crippen molar-refractivity contribution in [2.24, 2.45) is 0 Å². The minimum atomic E-state index is -3.87. The Hall–Kier alpha value is -2.42. The molecule has 134 valence electrons. The monoisotopic (exact) mass is 364 g/mol. The Kier molecular flexibility index (Phi) is 4.76. The predicted molar refractivity (Wildman–Crippen MR) is 91.9 cm³/mol. The van der Waals surface area contributed by atoms with Crippen LogP contribution in [0.25, 0.3) is 0 Å². The highest BCUT2D eigenvalue weighted by molar-refractivity contribution is 7.92. The van der Waals surface area contributed by atoms with E-state index in [0.717, 1.165) is 17.7 Å². The second-order valence-corrected chi connectivity index (χ2v) is 7.46. The first-order valence-electron chi connectivity index (χ1n) is 8.23. The Labute approximate surface area is 146 Å². The summed E-state index contributed by atoms with van der Waals surface area (Å²) in [6.07, 6.45) is 2.28. The van der Waals surface area contributed by atoms with Gasteiger partial charge in [0.2, 0.25) is 10.9 Å². The maximum atomic E-state index is 12.5. The fourth-order valence-corrected chi connectivity index (χ4v) is 4.07. The zero-order valence-electron chi connectivity index (χ0n) is 14.2. The third-order valence-electron chi connectivity index (χ3n) is 4.09. The first kappa shape index (κ1) is 17.4. The van der Waals surface area contributed by atoms with E-state index >= 15 is 0 Å². The number of hydrogen-bond donors (Lipinski definition) is 1. The molecule has 8 nitrogen and oxygen atoms in total. The van der Waals surface area contributed by atoms with Crippen LogP contribution in [0.3, 0.4) is 0 Å². The Morgan fingerprint density at radius 2 is 2.04 bits per heavy atom. The maximum absolute atomic E-state index is 12.5. The molecule has 0 saturated heterocycles. The van der Waals surface area contributed by atoms with Crippen LogP contribution in [0.4, 0.5) is 11.4 Å². The molecule has 0 saturated carbocycles. The number of amides is 1. The molecule has 0 unspecified atom stereocenters. The van der Waals surface area contributed by atoms with Gasteiger partial charge in [-0.2, -0.15) is 8.42 Å². The van der Waals surface area contributed by atoms with Gasteiger partial charge in [0.05, 0.1) is 0 Å². The number of sulfonamides is 1. The number of fused-ring (bicyclic) bond motifs is 1. The molecule has 0 atom stereocenters. The number of aryl methyl sites for hydroxylation is 2. The zero-order chi connectivity index (χ0) is 18.0. The maximum Gasteiger partial charge on any atom is 0.284 e. The van der Waals surface area contributed by atoms with E-state index in [9.17, 15) is 13.2 Å². The molecule has 2 heterocycles. The molecule has 3 rings (SSSR count). The normalized spacial score (nSPS) is 14.5. The van der Waals surface area contributed by atoms with Gasteiger partial charge in [-0.05, 0) is 48.2 Å². The summed E-state index contributed by atoms with van der Waals surface area (Å²) in [7, 11) is -3.87. The standard InChI is InChI=1S/C16H20N4O4S/c1-3-9-20-14-7-6-12(10-11(14)5-8-15(20)21)19-25(22,23)16-13(4-2)17-24-18-16/h6-7,10,19H,3-5,8-9H2,1-2H3. The minimum Gasteiger partial charge on any atom is -0.312 e. The molecule has 0 bridgehead atoms. The lowest BCUT2D eigenvalue weighted by atomic mass is 10.0. The van der Waals surface area contributed by atoms with Gasteiger partial charge in [0.15, 0.2) is 0 Å². The topological polar surface area (TPSA) is 105 Å². The van der Waals surface area contributed by atoms with Crippen molar-refractivity contribution in [1.82, 2.24) is 10.3 Å². The molecule has 0 aliphatic carbocycles. The van der Waals surface area contributed by atoms with Crippen molar-refractivity contribution < 1.29 is 17.8 Å². The highest BCUT2D eigenvalue weighted by atomic mass is 32.2. The van der Waals surface area contributed by atoms with Gasteiger partial charge < -0.3 is 4.90 Å². The largest absolute Gasteiger partial charge is 0.312 e. The zero-order valence-corrected chi connectivity index (χ0v) is 15.0. The van der Waals surface area contributed by atoms with Crippen molar-refractivity contribution in [1.29, 1.82) is 0 Å². The van der Waals surface area contributed by atoms with Gasteiger partial charge in [0.25, 0.3) is 10.0 Å². The SMILES string of the molecule is CCCN1C(=O)CCc2cc(NS(=O)(=O)c3nonc3CC)ccc21. The summed E-state index contributed by atoms with van der Waals surface area (Å²) in [4.78, 5) is 13.8. The molecule has 0 fully saturated rings. The smallest absolute Gasteiger partial charge is 0.284 e. The molecular weight excluding hydrogens is 344 g/mol. The minimum absolute atomic E-state index is 0.101. The van der Waals surface area contributed by atoms with Crippen LogP contribution in [-0.4, -0.2) is 31.2 Å². The summed E-state index contributed by atoms with van der Waals surface area (Å²) in [5.74, 6) is 0.101. The van der Waals surface area contributed by atoms with Gasteiger partial charge in [0.1, 0.15) is 5.69 Å². The third kappa shape index (κ3) is 3.37. The lowest BCUT2D eigenvalue weighted by molar-refractivity contribution is -0.118. The summed E-state index contributed by atoms with van der Waals surface area (Å²) in [6.45, 7) is 4.44. The number of aromatic nitrogens is 2. The van der Waals surface area contributed by atoms with Crippen LogP contribution in [0.15, 0.2) is 27.9 Å². The van der Waals surface area contributed by atoms with Gasteiger partial charge >= 0.3 is 0 Å². The Bertz CT molecular complexity index is 891. The van der Waals surface area contributed by atoms with E-state index in [1.807, 2.05) is 6.92 Å². The number of nitrogens with one attached hydrogen (secondary N) is 1. The van der Waals surface area contributed by atoms with Crippen molar-refractivity contribution in [3.63, 3.8) is 0 Å². The van der Waals surface area contributed by atoms with E-state index < -0.39 is 10.0 Å². The number of anilines is 2. The van der Waals surface area contributed by atoms with Crippen molar-refractivity contribution in [2.45, 2.75) is 44.6 Å². The first-order valence-corrected chi connectivity index (χ1v) is 9.72. The van der Waals surface area contributed by atoms with Crippen LogP contribution in [0.1, 0.15) is 37.9 Å². The molecule has 1 N–H and O–H groups in total. The van der Waals surface area contributed by atoms with Crippen molar-refractivity contribution in [2.75, 3.05) is 16.2 Å². The Morgan fingerprint density at radius 3 is 2.76 bits per heavy atom. The van der Waals surface area contributed by atoms with Crippen molar-refractivity contribution >= 4 is 27.3 Å². The van der Waals surface area contributed by atoms with Crippen LogP contribution in [0.5, 0.6) is 0 Å². The highest BCUT2D eigenvalue weighted by Crippen LogP contribution is 2.31. The summed E-state index contributed by atoms with van der Waals surface area (Å²) in [5, 5.41) is 6.90. The summed E-state index contributed by atoms with van der Waals surface area (Å²) in [5.41, 5.74) is 2.50. The molecule has 0 radical (unpaired) electrons. The van der Waals surface area contributed by atoms with Gasteiger partial charge in [-0.1, -0.05) is 19.0 Å². The molecule has 25 heavy (non-hydrogen) atoms. The molecule has 1 amide bonds. The Morgan fingerprint density at radius 1 is 1.24 bits per heavy atom. The number of benzene rings is 1. The summed E-state index contributed by atoms with van der Waals surface area (Å²) >= 11 is 0. The fourth-order valence-electron chi connectivity index (χ4n) is 2.91. The molecule has 1 aliphatic rings. The van der Waals surface area contributed by atoms with Gasteiger partial charge in [-0.25, -0.2) is 4.63 Å². The van der Waals surface area contributed by atoms with E-state index in [4.69, 9.17) is 0 Å². The molecule has 9 heteroatoms. The molecule has 1 aromatic carbocycles. The quantitative estimate of drug-likeness (QED) is 0.842. The second kappa shape index (κ2) is 6.83. The van der Waals surface area contributed by atoms with Gasteiger partial charge in [-0.15, -0.1) is 0 Å². The van der Waals surface area contributed by atoms with Gasteiger partial charge in [0, 0.05) is 24.3 Å². The van der Waals surface area contributed by atoms with E-state index in [1.165, 1.54) is 0 Å². The third-order valence-corrected chi connectivity index (χ3v) is 5.41. The van der Waals surface area contributed by atoms with Crippen LogP contribution in [-0.2, 0) is 27.7 Å². The number of carbonyl (C=O) groups is 1. The number of carbonyl (C=O) groups excluding carboxylic acids is 1. The molecule has 1 aromatic heterocycles. The van der Waals surface area contributed by atoms with Crippen LogP contribution in [0, 0.1) is 0 Å². The average molecular weight is 364 g/mol.